The third-order valence-corrected chi connectivity index (χ3v) is 11.0. The Morgan fingerprint density at radius 3 is 1.69 bits per heavy atom. The van der Waals surface area contributed by atoms with E-state index in [9.17, 15) is 0 Å². The molecule has 8 aromatic carbocycles. The smallest absolute Gasteiger partial charge is 0.113 e. The molecule has 0 spiro atoms. The number of rotatable bonds is 3. The van der Waals surface area contributed by atoms with Crippen LogP contribution in [0, 0.1) is 0 Å². The Morgan fingerprint density at radius 2 is 0.923 bits per heavy atom. The maximum absolute atomic E-state index is 5.53. The molecule has 0 aliphatic heterocycles. The van der Waals surface area contributed by atoms with Gasteiger partial charge >= 0.3 is 0 Å². The third-order valence-electron chi connectivity index (χ3n) is 11.0. The molecule has 4 heterocycles. The van der Waals surface area contributed by atoms with Gasteiger partial charge in [0.15, 0.2) is 0 Å². The van der Waals surface area contributed by atoms with Crippen molar-refractivity contribution in [2.45, 2.75) is 0 Å². The highest BCUT2D eigenvalue weighted by Crippen LogP contribution is 2.46. The average Bonchev–Trinajstić information content (AvgIpc) is 3.73. The van der Waals surface area contributed by atoms with Gasteiger partial charge in [-0.15, -0.1) is 0 Å². The molecule has 4 aromatic heterocycles. The van der Waals surface area contributed by atoms with Crippen LogP contribution in [0.5, 0.6) is 0 Å². The lowest BCUT2D eigenvalue weighted by atomic mass is 9.96. The first-order valence-corrected chi connectivity index (χ1v) is 17.8. The van der Waals surface area contributed by atoms with E-state index < -0.39 is 0 Å². The fraction of sp³-hybridized carbons (Fsp3) is 0. The second-order valence-corrected chi connectivity index (χ2v) is 13.7. The third kappa shape index (κ3) is 3.60. The van der Waals surface area contributed by atoms with Gasteiger partial charge in [0.1, 0.15) is 5.52 Å². The van der Waals surface area contributed by atoms with Crippen LogP contribution >= 0.6 is 0 Å². The molecule has 4 nitrogen and oxygen atoms in total. The highest BCUT2D eigenvalue weighted by molar-refractivity contribution is 6.33. The van der Waals surface area contributed by atoms with Gasteiger partial charge in [0.2, 0.25) is 0 Å². The molecule has 0 saturated carbocycles. The zero-order chi connectivity index (χ0) is 33.9. The monoisotopic (exact) mass is 660 g/mol. The number of benzene rings is 8. The molecular weight excluding hydrogens is 633 g/mol. The fourth-order valence-electron chi connectivity index (χ4n) is 8.90. The molecule has 0 fully saturated rings. The number of nitrogens with zero attached hydrogens (tertiary/aromatic N) is 4. The van der Waals surface area contributed by atoms with Gasteiger partial charge in [-0.1, -0.05) is 140 Å². The molecule has 240 valence electrons. The van der Waals surface area contributed by atoms with E-state index in [0.717, 1.165) is 50.3 Å². The van der Waals surface area contributed by atoms with Crippen LogP contribution in [-0.2, 0) is 0 Å². The molecule has 0 unspecified atom stereocenters. The second kappa shape index (κ2) is 10.3. The first kappa shape index (κ1) is 27.7. The van der Waals surface area contributed by atoms with Crippen molar-refractivity contribution in [3.63, 3.8) is 0 Å². The normalized spacial score (nSPS) is 12.2. The Labute approximate surface area is 297 Å². The molecule has 0 amide bonds. The summed E-state index contributed by atoms with van der Waals surface area (Å²) in [6.07, 6.45) is 0. The van der Waals surface area contributed by atoms with E-state index in [0.29, 0.717) is 0 Å². The van der Waals surface area contributed by atoms with Crippen molar-refractivity contribution < 1.29 is 0 Å². The van der Waals surface area contributed by atoms with E-state index in [-0.39, 0.29) is 0 Å². The molecule has 0 radical (unpaired) electrons. The Morgan fingerprint density at radius 1 is 0.365 bits per heavy atom. The van der Waals surface area contributed by atoms with Crippen LogP contribution in [0.25, 0.3) is 110 Å². The Balaban J connectivity index is 1.27. The molecule has 52 heavy (non-hydrogen) atoms. The summed E-state index contributed by atoms with van der Waals surface area (Å²) >= 11 is 0. The van der Waals surface area contributed by atoms with Crippen LogP contribution < -0.4 is 0 Å². The fourth-order valence-corrected chi connectivity index (χ4v) is 8.90. The predicted molar refractivity (Wildman–Crippen MR) is 217 cm³/mol. The topological polar surface area (TPSA) is 35.1 Å². The summed E-state index contributed by atoms with van der Waals surface area (Å²) in [5, 5.41) is 10.1. The van der Waals surface area contributed by atoms with Gasteiger partial charge in [-0.3, -0.25) is 0 Å². The zero-order valence-electron chi connectivity index (χ0n) is 28.0. The molecule has 0 saturated heterocycles. The minimum atomic E-state index is 0.860. The molecule has 0 N–H and O–H groups in total. The summed E-state index contributed by atoms with van der Waals surface area (Å²) in [5.74, 6) is 0. The maximum Gasteiger partial charge on any atom is 0.113 e. The van der Waals surface area contributed by atoms with Gasteiger partial charge < -0.3 is 8.97 Å². The van der Waals surface area contributed by atoms with Gasteiger partial charge in [-0.2, -0.15) is 0 Å². The summed E-state index contributed by atoms with van der Waals surface area (Å²) in [4.78, 5) is 10.9. The van der Waals surface area contributed by atoms with Crippen LogP contribution in [0.3, 0.4) is 0 Å². The maximum atomic E-state index is 5.53. The lowest BCUT2D eigenvalue weighted by Crippen LogP contribution is -2.01. The van der Waals surface area contributed by atoms with Crippen LogP contribution in [0.15, 0.2) is 170 Å². The molecule has 0 bridgehead atoms. The highest BCUT2D eigenvalue weighted by atomic mass is 15.0. The zero-order valence-corrected chi connectivity index (χ0v) is 28.0. The molecular formula is C48H28N4. The van der Waals surface area contributed by atoms with E-state index in [1.54, 1.807) is 0 Å². The number of aromatic nitrogens is 4. The van der Waals surface area contributed by atoms with Gasteiger partial charge in [-0.05, 0) is 41.1 Å². The van der Waals surface area contributed by atoms with Crippen molar-refractivity contribution in [2.75, 3.05) is 0 Å². The SMILES string of the molecule is c1ccc(-c2nc3cccc(-n4c5ccccc5c5c6cccc7c8cccc9c%10ccccc%10n(c(cc54)c76)c89)c3nc2-c2ccccc2)cc1. The lowest BCUT2D eigenvalue weighted by molar-refractivity contribution is 1.17. The number of hydrogen-bond acceptors (Lipinski definition) is 2. The number of pyridine rings is 1. The first-order chi connectivity index (χ1) is 25.8. The summed E-state index contributed by atoms with van der Waals surface area (Å²) in [6.45, 7) is 0. The molecule has 0 atom stereocenters. The Kier molecular flexibility index (Phi) is 5.47. The summed E-state index contributed by atoms with van der Waals surface area (Å²) in [5.41, 5.74) is 12.6. The standard InChI is InChI=1S/C48H28N4/c1-3-14-29(15-4-1)45-46(30-16-5-2-6-17-30)50-47-37(49-45)24-13-27-40(47)51-39-26-10-8-19-35(39)44-36-23-11-20-32-34-22-12-21-33-31-18-7-9-25-38(31)52(48(33)34)42(43(32)36)28-41(44)51/h1-28H. The minimum absolute atomic E-state index is 0.860. The largest absolute Gasteiger partial charge is 0.308 e. The van der Waals surface area contributed by atoms with E-state index in [2.05, 4.69) is 167 Å². The van der Waals surface area contributed by atoms with E-state index in [4.69, 9.17) is 9.97 Å². The number of fused-ring (bicyclic) bond motifs is 10. The number of hydrogen-bond donors (Lipinski definition) is 0. The number of para-hydroxylation sites is 4. The van der Waals surface area contributed by atoms with Crippen molar-refractivity contribution >= 4 is 81.7 Å². The molecule has 12 aromatic rings. The van der Waals surface area contributed by atoms with Crippen molar-refractivity contribution in [3.8, 4) is 28.2 Å². The second-order valence-electron chi connectivity index (χ2n) is 13.7. The minimum Gasteiger partial charge on any atom is -0.308 e. The van der Waals surface area contributed by atoms with Crippen LogP contribution in [0.4, 0.5) is 0 Å². The molecule has 12 rings (SSSR count). The van der Waals surface area contributed by atoms with Crippen molar-refractivity contribution in [1.29, 1.82) is 0 Å². The summed E-state index contributed by atoms with van der Waals surface area (Å²) < 4.78 is 4.92. The van der Waals surface area contributed by atoms with Gasteiger partial charge in [0.25, 0.3) is 0 Å². The summed E-state index contributed by atoms with van der Waals surface area (Å²) in [7, 11) is 0. The average molecular weight is 661 g/mol. The lowest BCUT2D eigenvalue weighted by Gasteiger charge is -2.16. The highest BCUT2D eigenvalue weighted by Gasteiger charge is 2.23. The van der Waals surface area contributed by atoms with E-state index >= 15 is 0 Å². The van der Waals surface area contributed by atoms with E-state index in [1.165, 1.54) is 59.6 Å². The Bertz CT molecular complexity index is 3390. The summed E-state index contributed by atoms with van der Waals surface area (Å²) in [6, 6.07) is 60.9. The molecule has 0 aliphatic rings. The molecule has 4 heteroatoms. The van der Waals surface area contributed by atoms with Gasteiger partial charge in [-0.25, -0.2) is 9.97 Å². The van der Waals surface area contributed by atoms with Crippen LogP contribution in [0.1, 0.15) is 0 Å². The predicted octanol–water partition coefficient (Wildman–Crippen LogP) is 12.4. The van der Waals surface area contributed by atoms with Gasteiger partial charge in [0, 0.05) is 43.4 Å². The van der Waals surface area contributed by atoms with Crippen molar-refractivity contribution in [1.82, 2.24) is 18.9 Å². The van der Waals surface area contributed by atoms with Crippen LogP contribution in [0.2, 0.25) is 0 Å². The quantitative estimate of drug-likeness (QED) is 0.140. The van der Waals surface area contributed by atoms with Crippen molar-refractivity contribution in [3.05, 3.63) is 170 Å². The van der Waals surface area contributed by atoms with E-state index in [1.807, 2.05) is 12.1 Å². The van der Waals surface area contributed by atoms with Crippen LogP contribution in [-0.4, -0.2) is 18.9 Å². The Hall–Kier alpha value is -7.04. The molecule has 0 aliphatic carbocycles. The van der Waals surface area contributed by atoms with Gasteiger partial charge in [0.05, 0.1) is 50.2 Å². The van der Waals surface area contributed by atoms with Crippen molar-refractivity contribution in [2.24, 2.45) is 0 Å². The first-order valence-electron chi connectivity index (χ1n) is 17.8.